The summed E-state index contributed by atoms with van der Waals surface area (Å²) < 4.78 is 28.7. The summed E-state index contributed by atoms with van der Waals surface area (Å²) in [5, 5.41) is 10.2. The number of nitriles is 1. The van der Waals surface area contributed by atoms with Crippen LogP contribution in [0.3, 0.4) is 0 Å². The number of aromatic nitrogens is 3. The molecule has 49 heavy (non-hydrogen) atoms. The molecular formula is C37H41FN8O3. The maximum atomic E-state index is 15.7. The molecule has 0 unspecified atom stereocenters. The van der Waals surface area contributed by atoms with Gasteiger partial charge in [-0.1, -0.05) is 18.2 Å². The van der Waals surface area contributed by atoms with Gasteiger partial charge in [0.2, 0.25) is 0 Å². The highest BCUT2D eigenvalue weighted by Gasteiger charge is 2.36. The molecule has 1 amide bonds. The van der Waals surface area contributed by atoms with E-state index < -0.39 is 11.4 Å². The van der Waals surface area contributed by atoms with Crippen LogP contribution >= 0.6 is 0 Å². The van der Waals surface area contributed by atoms with Gasteiger partial charge in [0.15, 0.2) is 0 Å². The van der Waals surface area contributed by atoms with Crippen LogP contribution < -0.4 is 10.5 Å². The number of piperazine rings is 1. The molecule has 5 heterocycles. The normalized spacial score (nSPS) is 19.8. The Morgan fingerprint density at radius 3 is 2.57 bits per heavy atom. The van der Waals surface area contributed by atoms with Gasteiger partial charge < -0.3 is 20.1 Å². The number of rotatable bonds is 8. The number of anilines is 1. The molecular weight excluding hydrogens is 623 g/mol. The number of carbonyl (C=O) groups is 1. The summed E-state index contributed by atoms with van der Waals surface area (Å²) in [6.45, 7) is 10.2. The van der Waals surface area contributed by atoms with Gasteiger partial charge in [-0.3, -0.25) is 19.0 Å². The van der Waals surface area contributed by atoms with Crippen LogP contribution in [0.5, 0.6) is 11.5 Å². The molecule has 3 aliphatic heterocycles. The van der Waals surface area contributed by atoms with E-state index in [1.54, 1.807) is 41.6 Å². The summed E-state index contributed by atoms with van der Waals surface area (Å²) in [6, 6.07) is 16.6. The van der Waals surface area contributed by atoms with E-state index in [-0.39, 0.29) is 28.8 Å². The number of nitrogen functional groups attached to an aromatic ring is 1. The third-order valence-electron chi connectivity index (χ3n) is 9.97. The largest absolute Gasteiger partial charge is 0.457 e. The van der Waals surface area contributed by atoms with E-state index in [4.69, 9.17) is 20.2 Å². The number of hydrogen-bond acceptors (Lipinski definition) is 9. The number of amides is 1. The SMILES string of the molecule is CC(C)(/C=C(\C#N)C(=O)N1CCC[C@@H](c2nc(-c3ccc(Oc4ccccc4)cc3F)c3c(N)nccn23)C1)N1CCN(C2COC2)CC1. The van der Waals surface area contributed by atoms with Crippen LogP contribution in [0.25, 0.3) is 16.8 Å². The number of nitrogens with zero attached hydrogens (tertiary/aromatic N) is 7. The number of piperidine rings is 1. The Morgan fingerprint density at radius 1 is 1.10 bits per heavy atom. The Kier molecular flexibility index (Phi) is 9.07. The van der Waals surface area contributed by atoms with Gasteiger partial charge in [-0.05, 0) is 57.0 Å². The average Bonchev–Trinajstić information content (AvgIpc) is 3.48. The second-order valence-corrected chi connectivity index (χ2v) is 13.5. The number of ether oxygens (including phenoxy) is 2. The average molecular weight is 665 g/mol. The maximum Gasteiger partial charge on any atom is 0.264 e. The molecule has 11 nitrogen and oxygen atoms in total. The van der Waals surface area contributed by atoms with Gasteiger partial charge in [-0.15, -0.1) is 0 Å². The van der Waals surface area contributed by atoms with Crippen molar-refractivity contribution in [3.8, 4) is 28.8 Å². The second kappa shape index (κ2) is 13.6. The van der Waals surface area contributed by atoms with E-state index in [9.17, 15) is 10.1 Å². The van der Waals surface area contributed by atoms with Gasteiger partial charge in [-0.2, -0.15) is 5.26 Å². The van der Waals surface area contributed by atoms with E-state index >= 15 is 4.39 Å². The van der Waals surface area contributed by atoms with Gasteiger partial charge >= 0.3 is 0 Å². The molecule has 1 atom stereocenters. The number of fused-ring (bicyclic) bond motifs is 1. The van der Waals surface area contributed by atoms with Crippen LogP contribution in [0.4, 0.5) is 10.2 Å². The number of hydrogen-bond donors (Lipinski definition) is 1. The molecule has 12 heteroatoms. The van der Waals surface area contributed by atoms with Crippen LogP contribution in [0.2, 0.25) is 0 Å². The zero-order valence-electron chi connectivity index (χ0n) is 27.9. The fourth-order valence-electron chi connectivity index (χ4n) is 7.17. The first-order chi connectivity index (χ1) is 23.7. The molecule has 254 valence electrons. The number of halogens is 1. The lowest BCUT2D eigenvalue weighted by Gasteiger charge is -2.46. The van der Waals surface area contributed by atoms with E-state index in [1.165, 1.54) is 6.07 Å². The van der Waals surface area contributed by atoms with Crippen LogP contribution in [0, 0.1) is 17.1 Å². The highest BCUT2D eigenvalue weighted by molar-refractivity contribution is 5.97. The second-order valence-electron chi connectivity index (χ2n) is 13.5. The van der Waals surface area contributed by atoms with Gasteiger partial charge in [0.05, 0.1) is 19.3 Å². The van der Waals surface area contributed by atoms with Gasteiger partial charge in [0.1, 0.15) is 51.8 Å². The van der Waals surface area contributed by atoms with Crippen molar-refractivity contribution in [3.63, 3.8) is 0 Å². The molecule has 2 aromatic heterocycles. The van der Waals surface area contributed by atoms with E-state index in [1.807, 2.05) is 28.7 Å². The molecule has 0 spiro atoms. The van der Waals surface area contributed by atoms with Crippen LogP contribution in [-0.2, 0) is 9.53 Å². The number of likely N-dealkylation sites (tertiary alicyclic amines) is 1. The van der Waals surface area contributed by atoms with E-state index in [0.717, 1.165) is 52.2 Å². The van der Waals surface area contributed by atoms with Crippen molar-refractivity contribution in [2.45, 2.75) is 44.2 Å². The minimum atomic E-state index is -0.506. The minimum Gasteiger partial charge on any atom is -0.457 e. The predicted molar refractivity (Wildman–Crippen MR) is 183 cm³/mol. The summed E-state index contributed by atoms with van der Waals surface area (Å²) in [4.78, 5) is 29.7. The fraction of sp³-hybridized carbons (Fsp3) is 0.405. The number of nitrogens with two attached hydrogens (primary N) is 1. The Bertz CT molecular complexity index is 1910. The lowest BCUT2D eigenvalue weighted by molar-refractivity contribution is -0.128. The fourth-order valence-corrected chi connectivity index (χ4v) is 7.17. The van der Waals surface area contributed by atoms with Crippen molar-refractivity contribution in [2.75, 3.05) is 58.2 Å². The topological polar surface area (TPSA) is 125 Å². The molecule has 4 aromatic rings. The van der Waals surface area contributed by atoms with Crippen molar-refractivity contribution in [1.29, 1.82) is 5.26 Å². The Morgan fingerprint density at radius 2 is 1.88 bits per heavy atom. The Hall–Kier alpha value is -4.83. The quantitative estimate of drug-likeness (QED) is 0.208. The zero-order chi connectivity index (χ0) is 34.1. The van der Waals surface area contributed by atoms with E-state index in [0.29, 0.717) is 47.7 Å². The Balaban J connectivity index is 1.11. The number of benzene rings is 2. The molecule has 7 rings (SSSR count). The molecule has 3 saturated heterocycles. The van der Waals surface area contributed by atoms with E-state index in [2.05, 4.69) is 34.7 Å². The zero-order valence-corrected chi connectivity index (χ0v) is 27.9. The lowest BCUT2D eigenvalue weighted by atomic mass is 9.94. The minimum absolute atomic E-state index is 0.141. The molecule has 3 fully saturated rings. The molecule has 2 N–H and O–H groups in total. The summed E-state index contributed by atoms with van der Waals surface area (Å²) >= 11 is 0. The van der Waals surface area contributed by atoms with Crippen LogP contribution in [-0.4, -0.2) is 99.0 Å². The molecule has 0 aliphatic carbocycles. The van der Waals surface area contributed by atoms with Crippen LogP contribution in [0.15, 0.2) is 72.6 Å². The summed E-state index contributed by atoms with van der Waals surface area (Å²) in [6.07, 6.45) is 6.68. The van der Waals surface area contributed by atoms with Gasteiger partial charge in [0, 0.05) is 74.7 Å². The first-order valence-electron chi connectivity index (χ1n) is 16.9. The predicted octanol–water partition coefficient (Wildman–Crippen LogP) is 4.86. The standard InChI is InChI=1S/C37H41FN8O3/c1-37(2,45-17-15-43(16-18-45)27-23-48-24-27)20-26(21-39)36(47)44-13-6-7-25(22-44)35-42-32(33-34(40)41-12-14-46(33)35)30-11-10-29(19-31(30)38)49-28-8-4-3-5-9-28/h3-5,8-12,14,19-20,25,27H,6-7,13,15-18,22-24H2,1-2H3,(H2,40,41)/b26-20+/t25-/m1/s1. The molecule has 2 aromatic carbocycles. The first-order valence-corrected chi connectivity index (χ1v) is 16.9. The van der Waals surface area contributed by atoms with Crippen LogP contribution in [0.1, 0.15) is 38.4 Å². The highest BCUT2D eigenvalue weighted by Crippen LogP contribution is 2.36. The highest BCUT2D eigenvalue weighted by atomic mass is 19.1. The van der Waals surface area contributed by atoms with Crippen molar-refractivity contribution in [3.05, 3.63) is 84.2 Å². The molecule has 0 radical (unpaired) electrons. The van der Waals surface area contributed by atoms with Crippen molar-refractivity contribution in [1.82, 2.24) is 29.1 Å². The molecule has 3 aliphatic rings. The summed E-state index contributed by atoms with van der Waals surface area (Å²) in [5.41, 5.74) is 7.18. The van der Waals surface area contributed by atoms with Crippen molar-refractivity contribution < 1.29 is 18.7 Å². The van der Waals surface area contributed by atoms with Gasteiger partial charge in [0.25, 0.3) is 5.91 Å². The maximum absolute atomic E-state index is 15.7. The third kappa shape index (κ3) is 6.62. The summed E-state index contributed by atoms with van der Waals surface area (Å²) in [5.74, 6) is 0.896. The molecule has 0 bridgehead atoms. The smallest absolute Gasteiger partial charge is 0.264 e. The van der Waals surface area contributed by atoms with Gasteiger partial charge in [-0.25, -0.2) is 14.4 Å². The number of imidazole rings is 1. The molecule has 0 saturated carbocycles. The van der Waals surface area contributed by atoms with Crippen molar-refractivity contribution in [2.24, 2.45) is 0 Å². The number of para-hydroxylation sites is 1. The summed E-state index contributed by atoms with van der Waals surface area (Å²) in [7, 11) is 0. The number of carbonyl (C=O) groups excluding carboxylic acids is 1. The Labute approximate surface area is 285 Å². The monoisotopic (exact) mass is 664 g/mol. The first kappa shape index (κ1) is 32.7. The van der Waals surface area contributed by atoms with Crippen molar-refractivity contribution >= 4 is 17.2 Å². The third-order valence-corrected chi connectivity index (χ3v) is 9.97. The lowest BCUT2D eigenvalue weighted by Crippen LogP contribution is -2.59.